The maximum absolute atomic E-state index is 12.2. The number of methoxy groups -OCH3 is 1. The number of benzene rings is 1. The topological polar surface area (TPSA) is 72.5 Å². The van der Waals surface area contributed by atoms with E-state index in [2.05, 4.69) is 4.74 Å². The van der Waals surface area contributed by atoms with Crippen LogP contribution in [0.15, 0.2) is 24.3 Å². The largest absolute Gasteiger partial charge is 0.516 e. The average Bonchev–Trinajstić information content (AvgIpc) is 2.26. The molecule has 100 valence electrons. The van der Waals surface area contributed by atoms with Crippen LogP contribution in [0, 0.1) is 0 Å². The van der Waals surface area contributed by atoms with Gasteiger partial charge in [-0.15, -0.1) is 0 Å². The van der Waals surface area contributed by atoms with Crippen LogP contribution in [0.25, 0.3) is 0 Å². The second kappa shape index (κ2) is 4.84. The summed E-state index contributed by atoms with van der Waals surface area (Å²) < 4.78 is 63.9. The molecule has 0 spiro atoms. The third-order valence-electron chi connectivity index (χ3n) is 1.88. The van der Waals surface area contributed by atoms with Gasteiger partial charge < -0.3 is 4.74 Å². The van der Waals surface area contributed by atoms with Gasteiger partial charge >= 0.3 is 21.5 Å². The van der Waals surface area contributed by atoms with E-state index in [0.29, 0.717) is 0 Å². The van der Waals surface area contributed by atoms with Crippen LogP contribution in [-0.2, 0) is 14.8 Å². The number of alkyl halides is 3. The van der Waals surface area contributed by atoms with E-state index < -0.39 is 27.2 Å². The molecule has 0 saturated carbocycles. The molecule has 0 fully saturated rings. The number of carbonyl (C=O) groups excluding carboxylic acids is 1. The lowest BCUT2D eigenvalue weighted by molar-refractivity contribution is -0.0429. The Hall–Kier alpha value is -1.77. The highest BCUT2D eigenvalue weighted by atomic mass is 32.2. The monoisotopic (exact) mass is 283 g/mol. The average molecular weight is 283 g/mol. The highest BCUT2D eigenvalue weighted by Crippen LogP contribution is 2.27. The molecule has 0 heterocycles. The number of nitrogens with one attached hydrogen (secondary N) is 1. The van der Waals surface area contributed by atoms with Gasteiger partial charge in [-0.2, -0.15) is 21.6 Å². The van der Waals surface area contributed by atoms with Crippen LogP contribution in [0.2, 0.25) is 0 Å². The van der Waals surface area contributed by atoms with Crippen molar-refractivity contribution < 1.29 is 31.1 Å². The van der Waals surface area contributed by atoms with Gasteiger partial charge in [-0.05, 0) is 12.1 Å². The van der Waals surface area contributed by atoms with Crippen molar-refractivity contribution in [3.8, 4) is 0 Å². The highest BCUT2D eigenvalue weighted by molar-refractivity contribution is 7.93. The number of carbonyl (C=O) groups is 1. The van der Waals surface area contributed by atoms with Crippen LogP contribution >= 0.6 is 0 Å². The molecule has 1 aromatic rings. The van der Waals surface area contributed by atoms with Gasteiger partial charge in [-0.25, -0.2) is 4.79 Å². The van der Waals surface area contributed by atoms with Gasteiger partial charge in [0.25, 0.3) is 0 Å². The lowest BCUT2D eigenvalue weighted by Crippen LogP contribution is -2.30. The maximum Gasteiger partial charge on any atom is 0.516 e. The minimum atomic E-state index is -5.57. The fourth-order valence-electron chi connectivity index (χ4n) is 1.06. The number of ether oxygens (including phenoxy) is 1. The third kappa shape index (κ3) is 2.92. The van der Waals surface area contributed by atoms with Crippen molar-refractivity contribution in [1.29, 1.82) is 0 Å². The maximum atomic E-state index is 12.2. The molecule has 0 saturated heterocycles. The third-order valence-corrected chi connectivity index (χ3v) is 2.98. The quantitative estimate of drug-likeness (QED) is 0.857. The predicted octanol–water partition coefficient (Wildman–Crippen LogP) is 1.73. The lowest BCUT2D eigenvalue weighted by atomic mass is 10.2. The van der Waals surface area contributed by atoms with E-state index in [1.807, 2.05) is 0 Å². The second-order valence-corrected chi connectivity index (χ2v) is 4.76. The molecular formula is C9H8F3NO4S. The lowest BCUT2D eigenvalue weighted by Gasteiger charge is -2.12. The highest BCUT2D eigenvalue weighted by Gasteiger charge is 2.46. The van der Waals surface area contributed by atoms with E-state index in [9.17, 15) is 26.4 Å². The zero-order valence-corrected chi connectivity index (χ0v) is 9.80. The summed E-state index contributed by atoms with van der Waals surface area (Å²) in [6.07, 6.45) is 0. The summed E-state index contributed by atoms with van der Waals surface area (Å²) in [7, 11) is -4.55. The molecule has 0 aromatic heterocycles. The van der Waals surface area contributed by atoms with E-state index in [1.165, 1.54) is 16.9 Å². The molecule has 0 atom stereocenters. The smallest absolute Gasteiger partial charge is 0.465 e. The Balaban J connectivity index is 3.18. The van der Waals surface area contributed by atoms with Crippen LogP contribution in [0.1, 0.15) is 10.4 Å². The number of para-hydroxylation sites is 1. The SMILES string of the molecule is COC(=O)c1ccccc1NS(=O)(=O)C(F)(F)F. The molecule has 0 aliphatic rings. The van der Waals surface area contributed by atoms with Gasteiger partial charge in [0.15, 0.2) is 0 Å². The Kier molecular flexibility index (Phi) is 3.85. The first-order chi connectivity index (χ1) is 8.19. The Morgan fingerprint density at radius 1 is 1.28 bits per heavy atom. The molecule has 0 unspecified atom stereocenters. The molecule has 0 aliphatic heterocycles. The molecule has 9 heteroatoms. The van der Waals surface area contributed by atoms with E-state index in [-0.39, 0.29) is 5.56 Å². The Bertz CT molecular complexity index is 553. The molecule has 1 N–H and O–H groups in total. The summed E-state index contributed by atoms with van der Waals surface area (Å²) in [5.74, 6) is -0.949. The summed E-state index contributed by atoms with van der Waals surface area (Å²) in [4.78, 5) is 11.2. The first-order valence-electron chi connectivity index (χ1n) is 4.45. The molecule has 0 aliphatic carbocycles. The van der Waals surface area contributed by atoms with Gasteiger partial charge in [0.05, 0.1) is 18.4 Å². The van der Waals surface area contributed by atoms with Gasteiger partial charge in [-0.3, -0.25) is 4.72 Å². The van der Waals surface area contributed by atoms with E-state index in [0.717, 1.165) is 19.2 Å². The number of anilines is 1. The van der Waals surface area contributed by atoms with E-state index in [1.54, 1.807) is 0 Å². The second-order valence-electron chi connectivity index (χ2n) is 3.09. The summed E-state index contributed by atoms with van der Waals surface area (Å²) in [5, 5.41) is 0. The Morgan fingerprint density at radius 3 is 2.33 bits per heavy atom. The minimum Gasteiger partial charge on any atom is -0.465 e. The molecule has 0 radical (unpaired) electrons. The standard InChI is InChI=1S/C9H8F3NO4S/c1-17-8(14)6-4-2-3-5-7(6)13-18(15,16)9(10,11)12/h2-5,13H,1H3. The first-order valence-corrected chi connectivity index (χ1v) is 5.94. The molecular weight excluding hydrogens is 275 g/mol. The van der Waals surface area contributed by atoms with Crippen molar-refractivity contribution in [3.05, 3.63) is 29.8 Å². The summed E-state index contributed by atoms with van der Waals surface area (Å²) in [5.41, 5.74) is -6.27. The van der Waals surface area contributed by atoms with Crippen molar-refractivity contribution in [3.63, 3.8) is 0 Å². The van der Waals surface area contributed by atoms with Crippen molar-refractivity contribution in [1.82, 2.24) is 0 Å². The molecule has 0 amide bonds. The van der Waals surface area contributed by atoms with Gasteiger partial charge in [0.1, 0.15) is 0 Å². The number of hydrogen-bond donors (Lipinski definition) is 1. The van der Waals surface area contributed by atoms with Crippen molar-refractivity contribution in [2.24, 2.45) is 0 Å². The number of halogens is 3. The fraction of sp³-hybridized carbons (Fsp3) is 0.222. The number of rotatable bonds is 3. The molecule has 0 bridgehead atoms. The molecule has 18 heavy (non-hydrogen) atoms. The number of sulfonamides is 1. The zero-order chi connectivity index (χ0) is 14.0. The van der Waals surface area contributed by atoms with E-state index >= 15 is 0 Å². The van der Waals surface area contributed by atoms with Crippen LogP contribution in [-0.4, -0.2) is 27.0 Å². The Morgan fingerprint density at radius 2 is 1.83 bits per heavy atom. The van der Waals surface area contributed by atoms with Crippen LogP contribution in [0.4, 0.5) is 18.9 Å². The van der Waals surface area contributed by atoms with Crippen LogP contribution in [0.3, 0.4) is 0 Å². The molecule has 1 rings (SSSR count). The predicted molar refractivity (Wildman–Crippen MR) is 56.4 cm³/mol. The zero-order valence-electron chi connectivity index (χ0n) is 8.98. The van der Waals surface area contributed by atoms with Crippen molar-refractivity contribution >= 4 is 21.7 Å². The van der Waals surface area contributed by atoms with E-state index in [4.69, 9.17) is 0 Å². The number of hydrogen-bond acceptors (Lipinski definition) is 4. The van der Waals surface area contributed by atoms with Gasteiger partial charge in [-0.1, -0.05) is 12.1 Å². The summed E-state index contributed by atoms with van der Waals surface area (Å²) in [6.45, 7) is 0. The van der Waals surface area contributed by atoms with Gasteiger partial charge in [0.2, 0.25) is 0 Å². The summed E-state index contributed by atoms with van der Waals surface area (Å²) >= 11 is 0. The van der Waals surface area contributed by atoms with Gasteiger partial charge in [0, 0.05) is 0 Å². The van der Waals surface area contributed by atoms with Crippen LogP contribution < -0.4 is 4.72 Å². The first kappa shape index (κ1) is 14.3. The Labute approximate surface area is 101 Å². The fourth-order valence-corrected chi connectivity index (χ4v) is 1.65. The normalized spacial score (nSPS) is 12.0. The summed E-state index contributed by atoms with van der Waals surface area (Å²) in [6, 6.07) is 4.80. The van der Waals surface area contributed by atoms with Crippen molar-refractivity contribution in [2.45, 2.75) is 5.51 Å². The minimum absolute atomic E-state index is 0.312. The molecule has 1 aromatic carbocycles. The number of esters is 1. The molecule has 5 nitrogen and oxygen atoms in total. The van der Waals surface area contributed by atoms with Crippen molar-refractivity contribution in [2.75, 3.05) is 11.8 Å². The van der Waals surface area contributed by atoms with Crippen LogP contribution in [0.5, 0.6) is 0 Å².